The number of fused-ring (bicyclic) bond motifs is 5. The lowest BCUT2D eigenvalue weighted by molar-refractivity contribution is -0.195. The van der Waals surface area contributed by atoms with Crippen LogP contribution in [0.15, 0.2) is 23.8 Å². The Morgan fingerprint density at radius 2 is 1.67 bits per heavy atom. The lowest BCUT2D eigenvalue weighted by atomic mass is 9.47. The predicted octanol–water partition coefficient (Wildman–Crippen LogP) is 4.71. The molecule has 3 saturated carbocycles. The second-order valence-electron chi connectivity index (χ2n) is 10.7. The van der Waals surface area contributed by atoms with Crippen molar-refractivity contribution in [3.05, 3.63) is 23.8 Å². The Morgan fingerprint density at radius 1 is 1.00 bits per heavy atom. The van der Waals surface area contributed by atoms with Gasteiger partial charge in [0.15, 0.2) is 5.78 Å². The smallest absolute Gasteiger partial charge is 0.308 e. The molecule has 4 aliphatic carbocycles. The minimum atomic E-state index is -1.45. The van der Waals surface area contributed by atoms with Gasteiger partial charge in [-0.25, -0.2) is 0 Å². The van der Waals surface area contributed by atoms with Gasteiger partial charge in [-0.05, 0) is 73.8 Å². The monoisotopic (exact) mass is 456 g/mol. The molecule has 33 heavy (non-hydrogen) atoms. The summed E-state index contributed by atoms with van der Waals surface area (Å²) < 4.78 is 10.6. The van der Waals surface area contributed by atoms with Crippen LogP contribution in [0.3, 0.4) is 0 Å². The third-order valence-electron chi connectivity index (χ3n) is 9.19. The van der Waals surface area contributed by atoms with E-state index in [9.17, 15) is 19.2 Å². The first-order chi connectivity index (χ1) is 15.6. The maximum absolute atomic E-state index is 13.6. The fourth-order valence-electron chi connectivity index (χ4n) is 7.37. The highest BCUT2D eigenvalue weighted by Crippen LogP contribution is 2.66. The van der Waals surface area contributed by atoms with Crippen molar-refractivity contribution in [1.29, 1.82) is 0 Å². The Balaban J connectivity index is 1.57. The van der Waals surface area contributed by atoms with E-state index in [-0.39, 0.29) is 41.2 Å². The van der Waals surface area contributed by atoms with Crippen molar-refractivity contribution in [2.75, 3.05) is 0 Å². The average molecular weight is 457 g/mol. The van der Waals surface area contributed by atoms with Crippen molar-refractivity contribution in [2.24, 2.45) is 34.5 Å². The molecular weight excluding hydrogens is 420 g/mol. The van der Waals surface area contributed by atoms with Crippen LogP contribution in [-0.2, 0) is 28.7 Å². The van der Waals surface area contributed by atoms with Gasteiger partial charge in [-0.1, -0.05) is 39.3 Å². The molecule has 0 aromatic heterocycles. The molecule has 180 valence electrons. The van der Waals surface area contributed by atoms with Gasteiger partial charge >= 0.3 is 18.2 Å². The molecule has 0 unspecified atom stereocenters. The van der Waals surface area contributed by atoms with Gasteiger partial charge in [-0.15, -0.1) is 0 Å². The number of hydrogen-bond acceptors (Lipinski definition) is 6. The predicted molar refractivity (Wildman–Crippen MR) is 122 cm³/mol. The molecule has 0 aromatic carbocycles. The summed E-state index contributed by atoms with van der Waals surface area (Å²) in [4.78, 5) is 49.4. The Bertz CT molecular complexity index is 898. The molecule has 0 radical (unpaired) electrons. The summed E-state index contributed by atoms with van der Waals surface area (Å²) in [6.45, 7) is 7.78. The molecule has 0 aliphatic heterocycles. The van der Waals surface area contributed by atoms with Crippen LogP contribution in [0.25, 0.3) is 0 Å². The van der Waals surface area contributed by atoms with Crippen LogP contribution in [0.1, 0.15) is 79.1 Å². The first kappa shape index (κ1) is 23.9. The first-order valence-electron chi connectivity index (χ1n) is 12.5. The van der Waals surface area contributed by atoms with Gasteiger partial charge in [0.25, 0.3) is 0 Å². The fourth-order valence-corrected chi connectivity index (χ4v) is 7.37. The normalized spacial score (nSPS) is 37.0. The third kappa shape index (κ3) is 4.00. The highest BCUT2D eigenvalue weighted by molar-refractivity contribution is 6.01. The maximum Gasteiger partial charge on any atom is 0.308 e. The number of Topliss-reactive ketones (excluding diaryl/α,β-unsaturated/α-hetero) is 1. The van der Waals surface area contributed by atoms with E-state index in [2.05, 4.69) is 19.9 Å². The number of ketones is 2. The molecule has 0 heterocycles. The molecule has 0 aromatic rings. The zero-order chi connectivity index (χ0) is 24.0. The van der Waals surface area contributed by atoms with Crippen LogP contribution in [0.4, 0.5) is 0 Å². The van der Waals surface area contributed by atoms with Crippen LogP contribution in [0, 0.1) is 34.5 Å². The Hall–Kier alpha value is -2.24. The Labute approximate surface area is 196 Å². The summed E-state index contributed by atoms with van der Waals surface area (Å²) in [5.74, 6) is -0.236. The second-order valence-corrected chi connectivity index (χ2v) is 10.7. The van der Waals surface area contributed by atoms with Gasteiger partial charge < -0.3 is 9.47 Å². The fraction of sp³-hybridized carbons (Fsp3) is 0.704. The SMILES string of the molecule is CCC(=O)OC(OC(=O)CC)C(=O)[C@H]1CC[C@H]2[C@@H]3CCC4=CC(=O)C=C[C@]4(C)[C@H]3CC[C@]12C. The highest BCUT2D eigenvalue weighted by Gasteiger charge is 2.60. The topological polar surface area (TPSA) is 86.7 Å². The van der Waals surface area contributed by atoms with Gasteiger partial charge in [-0.3, -0.25) is 19.2 Å². The van der Waals surface area contributed by atoms with Crippen molar-refractivity contribution in [3.63, 3.8) is 0 Å². The largest absolute Gasteiger partial charge is 0.417 e. The average Bonchev–Trinajstić information content (AvgIpc) is 3.15. The zero-order valence-corrected chi connectivity index (χ0v) is 20.2. The summed E-state index contributed by atoms with van der Waals surface area (Å²) in [7, 11) is 0. The lowest BCUT2D eigenvalue weighted by Crippen LogP contribution is -2.51. The number of rotatable bonds is 6. The van der Waals surface area contributed by atoms with Crippen LogP contribution in [0.2, 0.25) is 0 Å². The molecule has 0 spiro atoms. The molecule has 4 aliphatic rings. The van der Waals surface area contributed by atoms with Crippen molar-refractivity contribution in [3.8, 4) is 0 Å². The minimum absolute atomic E-state index is 0.0856. The second kappa shape index (κ2) is 8.84. The number of allylic oxidation sites excluding steroid dienone is 4. The number of carbonyl (C=O) groups is 4. The van der Waals surface area contributed by atoms with E-state index in [0.717, 1.165) is 38.5 Å². The Morgan fingerprint density at radius 3 is 2.30 bits per heavy atom. The number of ether oxygens (including phenoxy) is 2. The van der Waals surface area contributed by atoms with E-state index < -0.39 is 18.2 Å². The van der Waals surface area contributed by atoms with Crippen molar-refractivity contribution >= 4 is 23.5 Å². The van der Waals surface area contributed by atoms with Crippen molar-refractivity contribution in [2.45, 2.75) is 85.4 Å². The summed E-state index contributed by atoms with van der Waals surface area (Å²) in [6, 6.07) is 0. The molecule has 0 bridgehead atoms. The maximum atomic E-state index is 13.6. The van der Waals surface area contributed by atoms with Crippen molar-refractivity contribution in [1.82, 2.24) is 0 Å². The standard InChI is InChI=1S/C27H36O6/c1-5-22(29)32-25(33-23(30)6-2)24(31)21-10-9-19-18-8-7-16-15-17(28)11-13-26(16,3)20(18)12-14-27(19,21)4/h11,13,15,18-21,25H,5-10,12,14H2,1-4H3/t18-,19-,20-,21+,26-,27-/m0/s1. The Kier molecular flexibility index (Phi) is 6.41. The molecule has 6 heteroatoms. The first-order valence-corrected chi connectivity index (χ1v) is 12.5. The van der Waals surface area contributed by atoms with Crippen LogP contribution >= 0.6 is 0 Å². The molecule has 3 fully saturated rings. The number of esters is 2. The summed E-state index contributed by atoms with van der Waals surface area (Å²) in [5.41, 5.74) is 0.957. The van der Waals surface area contributed by atoms with E-state index in [1.807, 2.05) is 6.08 Å². The van der Waals surface area contributed by atoms with Crippen molar-refractivity contribution < 1.29 is 28.7 Å². The lowest BCUT2D eigenvalue weighted by Gasteiger charge is -2.57. The van der Waals surface area contributed by atoms with E-state index in [1.165, 1.54) is 5.57 Å². The molecule has 0 amide bonds. The van der Waals surface area contributed by atoms with E-state index in [0.29, 0.717) is 17.8 Å². The summed E-state index contributed by atoms with van der Waals surface area (Å²) in [6.07, 6.45) is 9.96. The minimum Gasteiger partial charge on any atom is -0.417 e. The third-order valence-corrected chi connectivity index (χ3v) is 9.19. The van der Waals surface area contributed by atoms with Gasteiger partial charge in [0.05, 0.1) is 0 Å². The zero-order valence-electron chi connectivity index (χ0n) is 20.2. The highest BCUT2D eigenvalue weighted by atomic mass is 16.7. The van der Waals surface area contributed by atoms with Gasteiger partial charge in [0, 0.05) is 24.2 Å². The molecule has 6 atom stereocenters. The van der Waals surface area contributed by atoms with E-state index in [1.54, 1.807) is 19.9 Å². The van der Waals surface area contributed by atoms with Crippen LogP contribution in [0.5, 0.6) is 0 Å². The van der Waals surface area contributed by atoms with E-state index >= 15 is 0 Å². The quantitative estimate of drug-likeness (QED) is 0.425. The van der Waals surface area contributed by atoms with Crippen LogP contribution in [-0.4, -0.2) is 29.8 Å². The van der Waals surface area contributed by atoms with Crippen LogP contribution < -0.4 is 0 Å². The number of carbonyl (C=O) groups excluding carboxylic acids is 4. The van der Waals surface area contributed by atoms with E-state index in [4.69, 9.17) is 9.47 Å². The molecule has 0 saturated heterocycles. The summed E-state index contributed by atoms with van der Waals surface area (Å²) >= 11 is 0. The molecule has 0 N–H and O–H groups in total. The van der Waals surface area contributed by atoms with Gasteiger partial charge in [0.1, 0.15) is 0 Å². The van der Waals surface area contributed by atoms with Gasteiger partial charge in [0.2, 0.25) is 5.78 Å². The molecular formula is C27H36O6. The summed E-state index contributed by atoms with van der Waals surface area (Å²) in [5, 5.41) is 0. The van der Waals surface area contributed by atoms with Gasteiger partial charge in [-0.2, -0.15) is 0 Å². The number of hydrogen-bond donors (Lipinski definition) is 0. The molecule has 4 rings (SSSR count). The molecule has 6 nitrogen and oxygen atoms in total.